The molecular formula is C20H23NO4. The third-order valence-corrected chi connectivity index (χ3v) is 3.55. The molecule has 1 amide bonds. The molecule has 5 heteroatoms. The fourth-order valence-corrected chi connectivity index (χ4v) is 2.31. The summed E-state index contributed by atoms with van der Waals surface area (Å²) in [5.41, 5.74) is 1.39. The van der Waals surface area contributed by atoms with Gasteiger partial charge in [-0.1, -0.05) is 36.4 Å². The summed E-state index contributed by atoms with van der Waals surface area (Å²) in [4.78, 5) is 23.6. The van der Waals surface area contributed by atoms with Crippen LogP contribution in [0.1, 0.15) is 35.7 Å². The summed E-state index contributed by atoms with van der Waals surface area (Å²) in [7, 11) is 0. The van der Waals surface area contributed by atoms with E-state index in [0.717, 1.165) is 11.3 Å². The van der Waals surface area contributed by atoms with E-state index < -0.39 is 0 Å². The van der Waals surface area contributed by atoms with Crippen molar-refractivity contribution in [2.24, 2.45) is 0 Å². The molecule has 0 aromatic heterocycles. The minimum atomic E-state index is -0.242. The second-order valence-corrected chi connectivity index (χ2v) is 5.42. The number of nitrogens with one attached hydrogen (secondary N) is 1. The van der Waals surface area contributed by atoms with E-state index in [1.807, 2.05) is 48.5 Å². The molecule has 2 rings (SSSR count). The van der Waals surface area contributed by atoms with Crippen LogP contribution in [0.15, 0.2) is 54.6 Å². The lowest BCUT2D eigenvalue weighted by molar-refractivity contribution is -0.143. The Labute approximate surface area is 148 Å². The SMILES string of the molecule is CCOC(=O)CCCNC(=O)c1ccccc1COc1ccccc1. The number of rotatable bonds is 9. The maximum atomic E-state index is 12.4. The molecular weight excluding hydrogens is 318 g/mol. The average molecular weight is 341 g/mol. The van der Waals surface area contributed by atoms with Gasteiger partial charge in [-0.3, -0.25) is 9.59 Å². The van der Waals surface area contributed by atoms with E-state index in [0.29, 0.717) is 38.2 Å². The molecule has 2 aromatic rings. The molecule has 0 radical (unpaired) electrons. The van der Waals surface area contributed by atoms with Gasteiger partial charge in [0.2, 0.25) is 0 Å². The number of carbonyl (C=O) groups excluding carboxylic acids is 2. The molecule has 2 aromatic carbocycles. The molecule has 0 bridgehead atoms. The summed E-state index contributed by atoms with van der Waals surface area (Å²) in [6, 6.07) is 16.8. The van der Waals surface area contributed by atoms with Crippen molar-refractivity contribution in [1.82, 2.24) is 5.32 Å². The number of esters is 1. The Hall–Kier alpha value is -2.82. The van der Waals surface area contributed by atoms with Crippen LogP contribution in [0.2, 0.25) is 0 Å². The lowest BCUT2D eigenvalue weighted by atomic mass is 10.1. The topological polar surface area (TPSA) is 64.6 Å². The Balaban J connectivity index is 1.86. The number of ether oxygens (including phenoxy) is 2. The van der Waals surface area contributed by atoms with Gasteiger partial charge in [-0.2, -0.15) is 0 Å². The Morgan fingerprint density at radius 1 is 1.00 bits per heavy atom. The standard InChI is InChI=1S/C20H23NO4/c1-2-24-19(22)13-8-14-21-20(23)18-12-7-6-9-16(18)15-25-17-10-4-3-5-11-17/h3-7,9-12H,2,8,13-15H2,1H3,(H,21,23). The van der Waals surface area contributed by atoms with Gasteiger partial charge in [0.15, 0.2) is 0 Å². The van der Waals surface area contributed by atoms with E-state index in [1.165, 1.54) is 0 Å². The van der Waals surface area contributed by atoms with Crippen molar-refractivity contribution in [3.8, 4) is 5.75 Å². The van der Waals surface area contributed by atoms with Crippen LogP contribution >= 0.6 is 0 Å². The molecule has 0 fully saturated rings. The van der Waals surface area contributed by atoms with Crippen LogP contribution in [0, 0.1) is 0 Å². The molecule has 1 N–H and O–H groups in total. The van der Waals surface area contributed by atoms with Crippen LogP contribution in [0.3, 0.4) is 0 Å². The van der Waals surface area contributed by atoms with Crippen molar-refractivity contribution in [2.45, 2.75) is 26.4 Å². The fraction of sp³-hybridized carbons (Fsp3) is 0.300. The molecule has 0 heterocycles. The molecule has 0 atom stereocenters. The van der Waals surface area contributed by atoms with Gasteiger partial charge < -0.3 is 14.8 Å². The van der Waals surface area contributed by atoms with Crippen molar-refractivity contribution in [2.75, 3.05) is 13.2 Å². The van der Waals surface area contributed by atoms with Crippen molar-refractivity contribution in [1.29, 1.82) is 0 Å². The lowest BCUT2D eigenvalue weighted by Gasteiger charge is -2.11. The van der Waals surface area contributed by atoms with Gasteiger partial charge >= 0.3 is 5.97 Å². The van der Waals surface area contributed by atoms with Gasteiger partial charge in [0.05, 0.1) is 6.61 Å². The molecule has 0 unspecified atom stereocenters. The maximum Gasteiger partial charge on any atom is 0.305 e. The quantitative estimate of drug-likeness (QED) is 0.561. The predicted octanol–water partition coefficient (Wildman–Crippen LogP) is 3.34. The summed E-state index contributed by atoms with van der Waals surface area (Å²) < 4.78 is 10.6. The van der Waals surface area contributed by atoms with E-state index in [1.54, 1.807) is 13.0 Å². The molecule has 5 nitrogen and oxygen atoms in total. The highest BCUT2D eigenvalue weighted by Gasteiger charge is 2.11. The first-order chi connectivity index (χ1) is 12.2. The summed E-state index contributed by atoms with van der Waals surface area (Å²) >= 11 is 0. The first-order valence-electron chi connectivity index (χ1n) is 8.40. The van der Waals surface area contributed by atoms with Crippen LogP contribution in [-0.4, -0.2) is 25.0 Å². The Morgan fingerprint density at radius 2 is 1.72 bits per heavy atom. The first kappa shape index (κ1) is 18.5. The van der Waals surface area contributed by atoms with Crippen LogP contribution in [0.4, 0.5) is 0 Å². The van der Waals surface area contributed by atoms with E-state index in [9.17, 15) is 9.59 Å². The van der Waals surface area contributed by atoms with Crippen molar-refractivity contribution in [3.05, 3.63) is 65.7 Å². The van der Waals surface area contributed by atoms with Gasteiger partial charge in [0.1, 0.15) is 12.4 Å². The van der Waals surface area contributed by atoms with Crippen molar-refractivity contribution >= 4 is 11.9 Å². The normalized spacial score (nSPS) is 10.1. The van der Waals surface area contributed by atoms with Crippen LogP contribution < -0.4 is 10.1 Å². The van der Waals surface area contributed by atoms with Crippen LogP contribution in [0.5, 0.6) is 5.75 Å². The maximum absolute atomic E-state index is 12.4. The second-order valence-electron chi connectivity index (χ2n) is 5.42. The van der Waals surface area contributed by atoms with Gasteiger partial charge in [-0.05, 0) is 31.5 Å². The summed E-state index contributed by atoms with van der Waals surface area (Å²) in [5.74, 6) is 0.344. The largest absolute Gasteiger partial charge is 0.489 e. The highest BCUT2D eigenvalue weighted by atomic mass is 16.5. The summed E-state index contributed by atoms with van der Waals surface area (Å²) in [5, 5.41) is 2.83. The highest BCUT2D eigenvalue weighted by Crippen LogP contribution is 2.14. The highest BCUT2D eigenvalue weighted by molar-refractivity contribution is 5.95. The molecule has 0 saturated carbocycles. The van der Waals surface area contributed by atoms with Gasteiger partial charge in [0.25, 0.3) is 5.91 Å². The Kier molecular flexibility index (Phi) is 7.50. The van der Waals surface area contributed by atoms with E-state index in [2.05, 4.69) is 5.32 Å². The lowest BCUT2D eigenvalue weighted by Crippen LogP contribution is -2.26. The van der Waals surface area contributed by atoms with Gasteiger partial charge in [-0.25, -0.2) is 0 Å². The number of amides is 1. The first-order valence-corrected chi connectivity index (χ1v) is 8.40. The van der Waals surface area contributed by atoms with Crippen LogP contribution in [-0.2, 0) is 16.1 Å². The molecule has 132 valence electrons. The van der Waals surface area contributed by atoms with Crippen molar-refractivity contribution in [3.63, 3.8) is 0 Å². The summed E-state index contributed by atoms with van der Waals surface area (Å²) in [6.07, 6.45) is 0.847. The average Bonchev–Trinajstić information content (AvgIpc) is 2.65. The molecule has 0 aliphatic rings. The Bertz CT molecular complexity index is 685. The molecule has 25 heavy (non-hydrogen) atoms. The zero-order chi connectivity index (χ0) is 17.9. The van der Waals surface area contributed by atoms with E-state index >= 15 is 0 Å². The number of hydrogen-bond donors (Lipinski definition) is 1. The van der Waals surface area contributed by atoms with Crippen molar-refractivity contribution < 1.29 is 19.1 Å². The molecule has 0 aliphatic heterocycles. The smallest absolute Gasteiger partial charge is 0.305 e. The fourth-order valence-electron chi connectivity index (χ4n) is 2.31. The van der Waals surface area contributed by atoms with E-state index in [4.69, 9.17) is 9.47 Å². The third-order valence-electron chi connectivity index (χ3n) is 3.55. The van der Waals surface area contributed by atoms with Gasteiger partial charge in [-0.15, -0.1) is 0 Å². The number of hydrogen-bond acceptors (Lipinski definition) is 4. The van der Waals surface area contributed by atoms with Crippen LogP contribution in [0.25, 0.3) is 0 Å². The van der Waals surface area contributed by atoms with E-state index in [-0.39, 0.29) is 11.9 Å². The molecule has 0 aliphatic carbocycles. The predicted molar refractivity (Wildman–Crippen MR) is 95.4 cm³/mol. The number of carbonyl (C=O) groups is 2. The number of para-hydroxylation sites is 1. The minimum Gasteiger partial charge on any atom is -0.489 e. The zero-order valence-corrected chi connectivity index (χ0v) is 14.4. The molecule has 0 saturated heterocycles. The molecule has 0 spiro atoms. The Morgan fingerprint density at radius 3 is 2.48 bits per heavy atom. The monoisotopic (exact) mass is 341 g/mol. The number of benzene rings is 2. The summed E-state index contributed by atoms with van der Waals surface area (Å²) in [6.45, 7) is 2.88. The third kappa shape index (κ3) is 6.30. The second kappa shape index (κ2) is 10.1. The van der Waals surface area contributed by atoms with Gasteiger partial charge in [0, 0.05) is 24.1 Å². The zero-order valence-electron chi connectivity index (χ0n) is 14.4. The minimum absolute atomic E-state index is 0.170.